The number of benzene rings is 2. The van der Waals surface area contributed by atoms with Crippen molar-refractivity contribution in [1.82, 2.24) is 9.97 Å². The molecule has 0 spiro atoms. The summed E-state index contributed by atoms with van der Waals surface area (Å²) in [5.74, 6) is 1.71. The minimum Gasteiger partial charge on any atom is -0.230 e. The zero-order valence-electron chi connectivity index (χ0n) is 13.3. The summed E-state index contributed by atoms with van der Waals surface area (Å²) in [4.78, 5) is 8.70. The van der Waals surface area contributed by atoms with Crippen molar-refractivity contribution in [2.45, 2.75) is 28.5 Å². The van der Waals surface area contributed by atoms with Crippen LogP contribution in [0.5, 0.6) is 0 Å². The molecule has 0 aliphatic carbocycles. The average Bonchev–Trinajstić information content (AvgIpc) is 2.61. The Morgan fingerprint density at radius 1 is 0.875 bits per heavy atom. The van der Waals surface area contributed by atoms with Crippen LogP contribution in [-0.2, 0) is 11.5 Å². The highest BCUT2D eigenvalue weighted by molar-refractivity contribution is 7.99. The smallest absolute Gasteiger partial charge is 0.117 e. The van der Waals surface area contributed by atoms with E-state index in [1.54, 1.807) is 29.9 Å². The minimum atomic E-state index is 0.799. The Morgan fingerprint density at radius 3 is 2.25 bits per heavy atom. The standard InChI is InChI=1S/C19H17ClN2S2/c1-14-6-8-15(9-7-14)11-23-18-10-19(22-13-21-18)24-12-16-4-2-3-5-17(16)20/h2-10,13H,11-12H2,1H3. The first-order valence-corrected chi connectivity index (χ1v) is 9.92. The quantitative estimate of drug-likeness (QED) is 0.390. The second kappa shape index (κ2) is 8.56. The van der Waals surface area contributed by atoms with E-state index >= 15 is 0 Å². The van der Waals surface area contributed by atoms with Gasteiger partial charge in [0, 0.05) is 22.6 Å². The summed E-state index contributed by atoms with van der Waals surface area (Å²) < 4.78 is 0. The Hall–Kier alpha value is -1.49. The Balaban J connectivity index is 1.59. The number of thioether (sulfide) groups is 2. The lowest BCUT2D eigenvalue weighted by Gasteiger charge is -2.05. The van der Waals surface area contributed by atoms with Crippen LogP contribution in [0.1, 0.15) is 16.7 Å². The Kier molecular flexibility index (Phi) is 6.18. The minimum absolute atomic E-state index is 0.799. The Bertz CT molecular complexity index is 806. The fourth-order valence-electron chi connectivity index (χ4n) is 2.09. The molecule has 0 amide bonds. The maximum Gasteiger partial charge on any atom is 0.117 e. The molecular formula is C19H17ClN2S2. The van der Waals surface area contributed by atoms with Crippen molar-refractivity contribution in [3.05, 3.63) is 82.6 Å². The van der Waals surface area contributed by atoms with Gasteiger partial charge in [-0.2, -0.15) is 0 Å². The van der Waals surface area contributed by atoms with Gasteiger partial charge in [-0.05, 0) is 24.1 Å². The highest BCUT2D eigenvalue weighted by Crippen LogP contribution is 2.28. The molecule has 2 aromatic carbocycles. The normalized spacial score (nSPS) is 10.8. The summed E-state index contributed by atoms with van der Waals surface area (Å²) in [7, 11) is 0. The second-order valence-electron chi connectivity index (χ2n) is 5.35. The fraction of sp³-hybridized carbons (Fsp3) is 0.158. The van der Waals surface area contributed by atoms with E-state index in [4.69, 9.17) is 11.6 Å². The first-order chi connectivity index (χ1) is 11.7. The van der Waals surface area contributed by atoms with E-state index in [9.17, 15) is 0 Å². The molecular weight excluding hydrogens is 356 g/mol. The molecule has 3 aromatic rings. The lowest BCUT2D eigenvalue weighted by atomic mass is 10.2. The van der Waals surface area contributed by atoms with Crippen LogP contribution in [0.3, 0.4) is 0 Å². The van der Waals surface area contributed by atoms with Crippen molar-refractivity contribution in [3.8, 4) is 0 Å². The molecule has 0 saturated carbocycles. The van der Waals surface area contributed by atoms with Gasteiger partial charge in [0.25, 0.3) is 0 Å². The number of hydrogen-bond acceptors (Lipinski definition) is 4. The SMILES string of the molecule is Cc1ccc(CSc2cc(SCc3ccccc3Cl)ncn2)cc1. The van der Waals surface area contributed by atoms with Crippen molar-refractivity contribution < 1.29 is 0 Å². The van der Waals surface area contributed by atoms with Gasteiger partial charge in [0.05, 0.1) is 0 Å². The maximum absolute atomic E-state index is 6.20. The van der Waals surface area contributed by atoms with Gasteiger partial charge in [0.1, 0.15) is 16.4 Å². The van der Waals surface area contributed by atoms with Crippen LogP contribution >= 0.6 is 35.1 Å². The van der Waals surface area contributed by atoms with Crippen LogP contribution in [0.15, 0.2) is 71.0 Å². The van der Waals surface area contributed by atoms with Gasteiger partial charge >= 0.3 is 0 Å². The van der Waals surface area contributed by atoms with Crippen molar-refractivity contribution in [2.75, 3.05) is 0 Å². The summed E-state index contributed by atoms with van der Waals surface area (Å²) in [6.07, 6.45) is 1.63. The van der Waals surface area contributed by atoms with E-state index in [0.717, 1.165) is 32.1 Å². The summed E-state index contributed by atoms with van der Waals surface area (Å²) in [6, 6.07) is 18.6. The zero-order valence-corrected chi connectivity index (χ0v) is 15.7. The third-order valence-corrected chi connectivity index (χ3v) is 5.80. The number of aromatic nitrogens is 2. The summed E-state index contributed by atoms with van der Waals surface area (Å²) in [5.41, 5.74) is 3.70. The van der Waals surface area contributed by atoms with E-state index in [0.29, 0.717) is 0 Å². The third-order valence-electron chi connectivity index (χ3n) is 3.46. The molecule has 0 fully saturated rings. The van der Waals surface area contributed by atoms with Crippen molar-refractivity contribution in [2.24, 2.45) is 0 Å². The van der Waals surface area contributed by atoms with E-state index in [1.165, 1.54) is 11.1 Å². The zero-order chi connectivity index (χ0) is 16.8. The summed E-state index contributed by atoms with van der Waals surface area (Å²) >= 11 is 9.60. The van der Waals surface area contributed by atoms with Gasteiger partial charge in [-0.15, -0.1) is 23.5 Å². The highest BCUT2D eigenvalue weighted by Gasteiger charge is 2.04. The second-order valence-corrected chi connectivity index (χ2v) is 7.75. The molecule has 0 unspecified atom stereocenters. The molecule has 2 nitrogen and oxygen atoms in total. The van der Waals surface area contributed by atoms with Gasteiger partial charge in [-0.3, -0.25) is 0 Å². The van der Waals surface area contributed by atoms with Crippen LogP contribution in [0, 0.1) is 6.92 Å². The molecule has 122 valence electrons. The van der Waals surface area contributed by atoms with E-state index in [1.807, 2.05) is 30.3 Å². The molecule has 0 aliphatic heterocycles. The lowest BCUT2D eigenvalue weighted by molar-refractivity contribution is 0.962. The monoisotopic (exact) mass is 372 g/mol. The van der Waals surface area contributed by atoms with Gasteiger partial charge in [-0.25, -0.2) is 9.97 Å². The summed E-state index contributed by atoms with van der Waals surface area (Å²) in [5, 5.41) is 2.76. The molecule has 1 heterocycles. The van der Waals surface area contributed by atoms with Crippen molar-refractivity contribution >= 4 is 35.1 Å². The predicted octanol–water partition coefficient (Wildman–Crippen LogP) is 6.02. The highest BCUT2D eigenvalue weighted by atomic mass is 35.5. The van der Waals surface area contributed by atoms with Crippen LogP contribution in [0.2, 0.25) is 5.02 Å². The maximum atomic E-state index is 6.20. The van der Waals surface area contributed by atoms with Crippen molar-refractivity contribution in [1.29, 1.82) is 0 Å². The van der Waals surface area contributed by atoms with E-state index in [-0.39, 0.29) is 0 Å². The van der Waals surface area contributed by atoms with Crippen LogP contribution in [-0.4, -0.2) is 9.97 Å². The third kappa shape index (κ3) is 5.00. The molecule has 24 heavy (non-hydrogen) atoms. The van der Waals surface area contributed by atoms with Gasteiger partial charge < -0.3 is 0 Å². The largest absolute Gasteiger partial charge is 0.230 e. The summed E-state index contributed by atoms with van der Waals surface area (Å²) in [6.45, 7) is 2.10. The Morgan fingerprint density at radius 2 is 1.54 bits per heavy atom. The lowest BCUT2D eigenvalue weighted by Crippen LogP contribution is -1.89. The number of nitrogens with zero attached hydrogens (tertiary/aromatic N) is 2. The van der Waals surface area contributed by atoms with Gasteiger partial charge in [0.2, 0.25) is 0 Å². The average molecular weight is 373 g/mol. The molecule has 0 bridgehead atoms. The first-order valence-electron chi connectivity index (χ1n) is 7.57. The topological polar surface area (TPSA) is 25.8 Å². The van der Waals surface area contributed by atoms with Crippen LogP contribution in [0.4, 0.5) is 0 Å². The molecule has 0 atom stereocenters. The van der Waals surface area contributed by atoms with Crippen LogP contribution in [0.25, 0.3) is 0 Å². The van der Waals surface area contributed by atoms with E-state index in [2.05, 4.69) is 41.2 Å². The molecule has 0 N–H and O–H groups in total. The predicted molar refractivity (Wildman–Crippen MR) is 104 cm³/mol. The molecule has 0 aliphatic rings. The number of hydrogen-bond donors (Lipinski definition) is 0. The van der Waals surface area contributed by atoms with Crippen molar-refractivity contribution in [3.63, 3.8) is 0 Å². The van der Waals surface area contributed by atoms with Gasteiger partial charge in [0.15, 0.2) is 0 Å². The van der Waals surface area contributed by atoms with E-state index < -0.39 is 0 Å². The first kappa shape index (κ1) is 17.3. The fourth-order valence-corrected chi connectivity index (χ4v) is 4.14. The molecule has 5 heteroatoms. The molecule has 1 aromatic heterocycles. The van der Waals surface area contributed by atoms with Gasteiger partial charge in [-0.1, -0.05) is 59.6 Å². The Labute approximate surface area is 156 Å². The molecule has 0 saturated heterocycles. The molecule has 0 radical (unpaired) electrons. The van der Waals surface area contributed by atoms with Crippen LogP contribution < -0.4 is 0 Å². The number of aryl methyl sites for hydroxylation is 1. The number of halogens is 1. The number of rotatable bonds is 6. The molecule has 3 rings (SSSR count).